The Balaban J connectivity index is 2.22. The topological polar surface area (TPSA) is 109 Å². The fourth-order valence-corrected chi connectivity index (χ4v) is 3.18. The number of benzene rings is 1. The number of nitrogens with two attached hydrogens (primary N) is 1. The van der Waals surface area contributed by atoms with Crippen LogP contribution in [0.15, 0.2) is 34.7 Å². The van der Waals surface area contributed by atoms with Crippen molar-refractivity contribution in [1.82, 2.24) is 9.71 Å². The van der Waals surface area contributed by atoms with Gasteiger partial charge in [0.25, 0.3) is 0 Å². The zero-order valence-electron chi connectivity index (χ0n) is 9.70. The smallest absolute Gasteiger partial charge is 0.242 e. The minimum absolute atomic E-state index is 0.0388. The number of nitrogens with zero attached hydrogens (tertiary/aromatic N) is 2. The van der Waals surface area contributed by atoms with Crippen molar-refractivity contribution in [2.75, 3.05) is 5.73 Å². The van der Waals surface area contributed by atoms with Crippen LogP contribution < -0.4 is 10.5 Å². The maximum atomic E-state index is 12.1. The maximum absolute atomic E-state index is 12.1. The summed E-state index contributed by atoms with van der Waals surface area (Å²) >= 11 is 1.36. The second-order valence-electron chi connectivity index (χ2n) is 3.61. The summed E-state index contributed by atoms with van der Waals surface area (Å²) in [4.78, 5) is 3.94. The number of aromatic nitrogens is 1. The largest absolute Gasteiger partial charge is 0.398 e. The fourth-order valence-electron chi connectivity index (χ4n) is 1.44. The molecule has 0 amide bonds. The Morgan fingerprint density at radius 1 is 1.47 bits per heavy atom. The molecule has 0 spiro atoms. The summed E-state index contributed by atoms with van der Waals surface area (Å²) in [7, 11) is -3.71. The number of sulfonamides is 1. The molecular formula is C11H10N4O2S2. The van der Waals surface area contributed by atoms with E-state index in [4.69, 9.17) is 11.0 Å². The second kappa shape index (κ2) is 5.36. The van der Waals surface area contributed by atoms with E-state index in [-0.39, 0.29) is 17.1 Å². The molecular weight excluding hydrogens is 284 g/mol. The van der Waals surface area contributed by atoms with Gasteiger partial charge in [-0.25, -0.2) is 18.1 Å². The molecule has 98 valence electrons. The molecule has 1 aromatic carbocycles. The van der Waals surface area contributed by atoms with Gasteiger partial charge in [-0.2, -0.15) is 5.26 Å². The van der Waals surface area contributed by atoms with Crippen molar-refractivity contribution in [1.29, 1.82) is 5.26 Å². The first-order valence-electron chi connectivity index (χ1n) is 5.20. The van der Waals surface area contributed by atoms with Crippen molar-refractivity contribution in [2.24, 2.45) is 0 Å². The molecule has 8 heteroatoms. The molecule has 19 heavy (non-hydrogen) atoms. The van der Waals surface area contributed by atoms with Crippen molar-refractivity contribution in [2.45, 2.75) is 11.4 Å². The molecule has 0 atom stereocenters. The van der Waals surface area contributed by atoms with Crippen molar-refractivity contribution < 1.29 is 8.42 Å². The molecule has 0 radical (unpaired) electrons. The highest BCUT2D eigenvalue weighted by molar-refractivity contribution is 7.89. The predicted molar refractivity (Wildman–Crippen MR) is 71.7 cm³/mol. The summed E-state index contributed by atoms with van der Waals surface area (Å²) in [6, 6.07) is 5.96. The Kier molecular flexibility index (Phi) is 3.80. The zero-order valence-corrected chi connectivity index (χ0v) is 11.3. The Morgan fingerprint density at radius 3 is 2.84 bits per heavy atom. The van der Waals surface area contributed by atoms with Gasteiger partial charge in [0.15, 0.2) is 0 Å². The van der Waals surface area contributed by atoms with Crippen LogP contribution in [-0.4, -0.2) is 13.4 Å². The van der Waals surface area contributed by atoms with E-state index < -0.39 is 10.0 Å². The second-order valence-corrected chi connectivity index (χ2v) is 6.33. The third-order valence-electron chi connectivity index (χ3n) is 2.33. The minimum Gasteiger partial charge on any atom is -0.398 e. The molecule has 0 saturated carbocycles. The number of rotatable bonds is 4. The van der Waals surface area contributed by atoms with Crippen LogP contribution in [0.5, 0.6) is 0 Å². The number of anilines is 1. The van der Waals surface area contributed by atoms with Gasteiger partial charge < -0.3 is 5.73 Å². The monoisotopic (exact) mass is 294 g/mol. The highest BCUT2D eigenvalue weighted by atomic mass is 32.2. The van der Waals surface area contributed by atoms with Gasteiger partial charge in [-0.3, -0.25) is 0 Å². The molecule has 0 aliphatic rings. The van der Waals surface area contributed by atoms with Gasteiger partial charge in [-0.05, 0) is 18.2 Å². The SMILES string of the molecule is N#Cc1ccc(S(=O)(=O)NCc2nccs2)c(N)c1. The lowest BCUT2D eigenvalue weighted by Crippen LogP contribution is -2.24. The van der Waals surface area contributed by atoms with E-state index in [1.165, 1.54) is 29.5 Å². The molecule has 0 saturated heterocycles. The Morgan fingerprint density at radius 2 is 2.26 bits per heavy atom. The third-order valence-corrected chi connectivity index (χ3v) is 4.58. The van der Waals surface area contributed by atoms with E-state index in [2.05, 4.69) is 9.71 Å². The third kappa shape index (κ3) is 3.08. The Bertz CT molecular complexity index is 718. The average molecular weight is 294 g/mol. The van der Waals surface area contributed by atoms with Gasteiger partial charge in [0, 0.05) is 11.6 Å². The van der Waals surface area contributed by atoms with E-state index in [0.717, 1.165) is 0 Å². The van der Waals surface area contributed by atoms with Crippen LogP contribution in [0.4, 0.5) is 5.69 Å². The summed E-state index contributed by atoms with van der Waals surface area (Å²) in [5.74, 6) is 0. The molecule has 1 heterocycles. The van der Waals surface area contributed by atoms with Gasteiger partial charge >= 0.3 is 0 Å². The number of nitriles is 1. The van der Waals surface area contributed by atoms with Crippen LogP contribution in [0.1, 0.15) is 10.6 Å². The lowest BCUT2D eigenvalue weighted by atomic mass is 10.2. The van der Waals surface area contributed by atoms with Gasteiger partial charge in [-0.15, -0.1) is 11.3 Å². The van der Waals surface area contributed by atoms with E-state index in [9.17, 15) is 8.42 Å². The van der Waals surface area contributed by atoms with Gasteiger partial charge in [0.1, 0.15) is 9.90 Å². The van der Waals surface area contributed by atoms with E-state index >= 15 is 0 Å². The van der Waals surface area contributed by atoms with Gasteiger partial charge in [0.2, 0.25) is 10.0 Å². The van der Waals surface area contributed by atoms with Crippen LogP contribution in [-0.2, 0) is 16.6 Å². The van der Waals surface area contributed by atoms with E-state index in [1.54, 1.807) is 11.6 Å². The Hall–Kier alpha value is -1.95. The lowest BCUT2D eigenvalue weighted by Gasteiger charge is -2.08. The molecule has 2 aromatic rings. The first-order chi connectivity index (χ1) is 9.03. The van der Waals surface area contributed by atoms with Crippen molar-refractivity contribution in [3.63, 3.8) is 0 Å². The number of thiazole rings is 1. The number of hydrogen-bond donors (Lipinski definition) is 2. The molecule has 0 aliphatic heterocycles. The lowest BCUT2D eigenvalue weighted by molar-refractivity contribution is 0.581. The number of nitrogens with one attached hydrogen (secondary N) is 1. The molecule has 0 fully saturated rings. The van der Waals surface area contributed by atoms with Crippen molar-refractivity contribution in [3.8, 4) is 6.07 Å². The summed E-state index contributed by atoms with van der Waals surface area (Å²) in [6.07, 6.45) is 1.60. The highest BCUT2D eigenvalue weighted by Crippen LogP contribution is 2.19. The summed E-state index contributed by atoms with van der Waals surface area (Å²) in [5.41, 5.74) is 6.01. The number of hydrogen-bond acceptors (Lipinski definition) is 6. The van der Waals surface area contributed by atoms with Gasteiger partial charge in [-0.1, -0.05) is 0 Å². The number of nitrogen functional groups attached to an aromatic ring is 1. The minimum atomic E-state index is -3.71. The van der Waals surface area contributed by atoms with Gasteiger partial charge in [0.05, 0.1) is 23.9 Å². The fraction of sp³-hybridized carbons (Fsp3) is 0.0909. The molecule has 0 unspecified atom stereocenters. The average Bonchev–Trinajstić information content (AvgIpc) is 2.89. The first-order valence-corrected chi connectivity index (χ1v) is 7.57. The predicted octanol–water partition coefficient (Wildman–Crippen LogP) is 1.08. The summed E-state index contributed by atoms with van der Waals surface area (Å²) in [5, 5.41) is 11.1. The standard InChI is InChI=1S/C11H10N4O2S2/c12-6-8-1-2-10(9(13)5-8)19(16,17)15-7-11-14-3-4-18-11/h1-5,15H,7,13H2. The zero-order chi connectivity index (χ0) is 13.9. The summed E-state index contributed by atoms with van der Waals surface area (Å²) < 4.78 is 26.5. The van der Waals surface area contributed by atoms with Crippen LogP contribution >= 0.6 is 11.3 Å². The van der Waals surface area contributed by atoms with Crippen LogP contribution in [0.25, 0.3) is 0 Å². The van der Waals surface area contributed by atoms with Crippen LogP contribution in [0.3, 0.4) is 0 Å². The molecule has 0 bridgehead atoms. The molecule has 0 aliphatic carbocycles. The normalized spacial score (nSPS) is 11.1. The quantitative estimate of drug-likeness (QED) is 0.820. The molecule has 6 nitrogen and oxygen atoms in total. The van der Waals surface area contributed by atoms with Crippen molar-refractivity contribution >= 4 is 27.0 Å². The Labute approximate surface area is 114 Å². The van der Waals surface area contributed by atoms with E-state index in [1.807, 2.05) is 6.07 Å². The van der Waals surface area contributed by atoms with Crippen LogP contribution in [0, 0.1) is 11.3 Å². The first kappa shape index (κ1) is 13.5. The summed E-state index contributed by atoms with van der Waals surface area (Å²) in [6.45, 7) is 0.111. The maximum Gasteiger partial charge on any atom is 0.242 e. The highest BCUT2D eigenvalue weighted by Gasteiger charge is 2.17. The van der Waals surface area contributed by atoms with Crippen molar-refractivity contribution in [3.05, 3.63) is 40.3 Å². The molecule has 2 rings (SSSR count). The molecule has 1 aromatic heterocycles. The van der Waals surface area contributed by atoms with Crippen LogP contribution in [0.2, 0.25) is 0 Å². The molecule has 3 N–H and O–H groups in total. The van der Waals surface area contributed by atoms with E-state index in [0.29, 0.717) is 10.6 Å².